The fraction of sp³-hybridized carbons (Fsp3) is 0.500. The van der Waals surface area contributed by atoms with Crippen molar-refractivity contribution in [3.8, 4) is 0 Å². The van der Waals surface area contributed by atoms with Gasteiger partial charge in [0.1, 0.15) is 5.76 Å². The summed E-state index contributed by atoms with van der Waals surface area (Å²) in [5, 5.41) is 11.4. The van der Waals surface area contributed by atoms with E-state index in [9.17, 15) is 0 Å². The largest absolute Gasteiger partial charge is 0.375 e. The number of rotatable bonds is 10. The molecule has 0 fully saturated rings. The average molecular weight is 521 g/mol. The number of ether oxygens (including phenoxy) is 1. The van der Waals surface area contributed by atoms with Crippen LogP contribution in [0.4, 0.5) is 0 Å². The van der Waals surface area contributed by atoms with E-state index >= 15 is 0 Å². The summed E-state index contributed by atoms with van der Waals surface area (Å²) in [7, 11) is 0. The Morgan fingerprint density at radius 3 is 2.71 bits per heavy atom. The quantitative estimate of drug-likeness (QED) is 0.211. The lowest BCUT2D eigenvalue weighted by Gasteiger charge is -2.12. The first-order valence-corrected chi connectivity index (χ1v) is 9.86. The lowest BCUT2D eigenvalue weighted by atomic mass is 10.1. The number of nitrogens with one attached hydrogen (secondary N) is 2. The van der Waals surface area contributed by atoms with E-state index in [-0.39, 0.29) is 24.0 Å². The monoisotopic (exact) mass is 520 g/mol. The number of hydrogen-bond donors (Lipinski definition) is 2. The molecular weight excluding hydrogens is 491 g/mol. The highest BCUT2D eigenvalue weighted by atomic mass is 127. The van der Waals surface area contributed by atoms with Gasteiger partial charge in [-0.15, -0.1) is 24.0 Å². The van der Waals surface area contributed by atoms with Crippen LogP contribution in [0.3, 0.4) is 0 Å². The van der Waals surface area contributed by atoms with Crippen molar-refractivity contribution in [3.63, 3.8) is 0 Å². The van der Waals surface area contributed by atoms with Crippen LogP contribution >= 0.6 is 35.6 Å². The molecular formula is C20H30ClIN4O2. The minimum atomic E-state index is 0. The van der Waals surface area contributed by atoms with Crippen molar-refractivity contribution in [2.45, 2.75) is 46.8 Å². The molecule has 0 saturated heterocycles. The van der Waals surface area contributed by atoms with Crippen molar-refractivity contribution >= 4 is 41.5 Å². The van der Waals surface area contributed by atoms with E-state index in [1.807, 2.05) is 31.2 Å². The summed E-state index contributed by atoms with van der Waals surface area (Å²) in [5.41, 5.74) is 3.14. The molecule has 0 bridgehead atoms. The maximum atomic E-state index is 5.98. The van der Waals surface area contributed by atoms with Crippen LogP contribution in [0, 0.1) is 0 Å². The van der Waals surface area contributed by atoms with Gasteiger partial charge >= 0.3 is 0 Å². The summed E-state index contributed by atoms with van der Waals surface area (Å²) in [6.45, 7) is 9.30. The van der Waals surface area contributed by atoms with Crippen LogP contribution in [0.2, 0.25) is 5.02 Å². The van der Waals surface area contributed by atoms with Gasteiger partial charge < -0.3 is 19.9 Å². The Kier molecular flexibility index (Phi) is 12.2. The fourth-order valence-electron chi connectivity index (χ4n) is 2.67. The highest BCUT2D eigenvalue weighted by Gasteiger charge is 2.13. The van der Waals surface area contributed by atoms with E-state index in [0.717, 1.165) is 52.9 Å². The Bertz CT molecular complexity index is 715. The van der Waals surface area contributed by atoms with Gasteiger partial charge in [0.05, 0.1) is 25.5 Å². The standard InChI is InChI=1S/C20H29ClN4O2.HI/c1-4-18-17(19(5-2)27-25-18)13-24-20(22-6-3)23-10-11-26-14-15-8-7-9-16(21)12-15;/h7-9,12H,4-6,10-11,13-14H2,1-3H3,(H2,22,23,24);1H. The molecule has 0 aliphatic heterocycles. The number of halogens is 2. The Balaban J connectivity index is 0.00000392. The molecule has 8 heteroatoms. The molecule has 0 amide bonds. The first kappa shape index (κ1) is 24.7. The van der Waals surface area contributed by atoms with E-state index in [4.69, 9.17) is 20.9 Å². The van der Waals surface area contributed by atoms with Gasteiger partial charge in [-0.05, 0) is 31.0 Å². The second kappa shape index (κ2) is 13.8. The normalized spacial score (nSPS) is 11.2. The van der Waals surface area contributed by atoms with Gasteiger partial charge in [-0.25, -0.2) is 4.99 Å². The third kappa shape index (κ3) is 7.97. The van der Waals surface area contributed by atoms with E-state index in [2.05, 4.69) is 34.6 Å². The van der Waals surface area contributed by atoms with Crippen LogP contribution in [0.1, 0.15) is 43.4 Å². The van der Waals surface area contributed by atoms with Crippen LogP contribution in [-0.2, 0) is 30.7 Å². The summed E-state index contributed by atoms with van der Waals surface area (Å²) in [6, 6.07) is 7.70. The van der Waals surface area contributed by atoms with Crippen LogP contribution < -0.4 is 10.6 Å². The summed E-state index contributed by atoms with van der Waals surface area (Å²) < 4.78 is 11.1. The third-order valence-electron chi connectivity index (χ3n) is 4.04. The second-order valence-electron chi connectivity index (χ2n) is 6.04. The number of benzene rings is 1. The molecule has 6 nitrogen and oxygen atoms in total. The van der Waals surface area contributed by atoms with Crippen molar-refractivity contribution in [1.82, 2.24) is 15.8 Å². The molecule has 2 rings (SSSR count). The smallest absolute Gasteiger partial charge is 0.191 e. The van der Waals surface area contributed by atoms with Gasteiger partial charge in [0.15, 0.2) is 5.96 Å². The molecule has 0 spiro atoms. The van der Waals surface area contributed by atoms with Crippen molar-refractivity contribution < 1.29 is 9.26 Å². The Labute approximate surface area is 189 Å². The number of guanidine groups is 1. The topological polar surface area (TPSA) is 71.7 Å². The summed E-state index contributed by atoms with van der Waals surface area (Å²) in [6.07, 6.45) is 1.66. The van der Waals surface area contributed by atoms with Crippen molar-refractivity contribution in [3.05, 3.63) is 51.9 Å². The SMILES string of the molecule is CCNC(=NCc1c(CC)noc1CC)NCCOCc1cccc(Cl)c1.I. The van der Waals surface area contributed by atoms with Crippen LogP contribution in [0.15, 0.2) is 33.8 Å². The fourth-order valence-corrected chi connectivity index (χ4v) is 2.89. The molecule has 1 aromatic carbocycles. The van der Waals surface area contributed by atoms with Crippen LogP contribution in [0.5, 0.6) is 0 Å². The molecule has 0 radical (unpaired) electrons. The zero-order valence-corrected chi connectivity index (χ0v) is 19.8. The predicted octanol–water partition coefficient (Wildman–Crippen LogP) is 4.34. The molecule has 0 unspecified atom stereocenters. The number of aryl methyl sites for hydroxylation is 2. The molecule has 0 aliphatic carbocycles. The molecule has 2 N–H and O–H groups in total. The minimum Gasteiger partial charge on any atom is -0.375 e. The van der Waals surface area contributed by atoms with Gasteiger partial charge in [0.2, 0.25) is 0 Å². The lowest BCUT2D eigenvalue weighted by Crippen LogP contribution is -2.39. The summed E-state index contributed by atoms with van der Waals surface area (Å²) in [4.78, 5) is 4.66. The number of hydrogen-bond acceptors (Lipinski definition) is 4. The molecule has 1 heterocycles. The first-order valence-electron chi connectivity index (χ1n) is 9.48. The van der Waals surface area contributed by atoms with Crippen LogP contribution in [0.25, 0.3) is 0 Å². The maximum Gasteiger partial charge on any atom is 0.191 e. The van der Waals surface area contributed by atoms with E-state index < -0.39 is 0 Å². The first-order chi connectivity index (χ1) is 13.2. The maximum absolute atomic E-state index is 5.98. The van der Waals surface area contributed by atoms with E-state index in [1.165, 1.54) is 0 Å². The minimum absolute atomic E-state index is 0. The predicted molar refractivity (Wildman–Crippen MR) is 125 cm³/mol. The summed E-state index contributed by atoms with van der Waals surface area (Å²) in [5.74, 6) is 1.67. The average Bonchev–Trinajstić information content (AvgIpc) is 3.07. The zero-order valence-electron chi connectivity index (χ0n) is 16.8. The molecule has 2 aromatic rings. The molecule has 0 aliphatic rings. The molecule has 1 aromatic heterocycles. The van der Waals surface area contributed by atoms with Crippen molar-refractivity contribution in [2.75, 3.05) is 19.7 Å². The number of aliphatic imine (C=N–C) groups is 1. The van der Waals surface area contributed by atoms with Gasteiger partial charge in [0.25, 0.3) is 0 Å². The van der Waals surface area contributed by atoms with Crippen molar-refractivity contribution in [2.24, 2.45) is 4.99 Å². The Morgan fingerprint density at radius 2 is 2.04 bits per heavy atom. The van der Waals surface area contributed by atoms with E-state index in [0.29, 0.717) is 26.3 Å². The molecule has 156 valence electrons. The number of nitrogens with zero attached hydrogens (tertiary/aromatic N) is 2. The van der Waals surface area contributed by atoms with Gasteiger partial charge in [0, 0.05) is 30.1 Å². The highest BCUT2D eigenvalue weighted by Crippen LogP contribution is 2.16. The zero-order chi connectivity index (χ0) is 19.5. The summed E-state index contributed by atoms with van der Waals surface area (Å²) >= 11 is 5.98. The highest BCUT2D eigenvalue weighted by molar-refractivity contribution is 14.0. The Morgan fingerprint density at radius 1 is 1.21 bits per heavy atom. The lowest BCUT2D eigenvalue weighted by molar-refractivity contribution is 0.125. The van der Waals surface area contributed by atoms with Gasteiger partial charge in [-0.2, -0.15) is 0 Å². The third-order valence-corrected chi connectivity index (χ3v) is 4.28. The number of aromatic nitrogens is 1. The molecule has 0 saturated carbocycles. The van der Waals surface area contributed by atoms with Crippen molar-refractivity contribution in [1.29, 1.82) is 0 Å². The second-order valence-corrected chi connectivity index (χ2v) is 6.48. The Hall–Kier alpha value is -1.32. The van der Waals surface area contributed by atoms with Crippen LogP contribution in [-0.4, -0.2) is 30.8 Å². The molecule has 0 atom stereocenters. The van der Waals surface area contributed by atoms with E-state index in [1.54, 1.807) is 0 Å². The molecule has 28 heavy (non-hydrogen) atoms. The van der Waals surface area contributed by atoms with Gasteiger partial charge in [-0.3, -0.25) is 0 Å². The van der Waals surface area contributed by atoms with Gasteiger partial charge in [-0.1, -0.05) is 42.7 Å².